The van der Waals surface area contributed by atoms with E-state index in [1.165, 1.54) is 6.20 Å². The van der Waals surface area contributed by atoms with Crippen molar-refractivity contribution in [3.63, 3.8) is 0 Å². The molecule has 2 aliphatic rings. The molecule has 0 bridgehead atoms. The first-order valence-corrected chi connectivity index (χ1v) is 7.10. The van der Waals surface area contributed by atoms with Crippen molar-refractivity contribution in [1.29, 1.82) is 0 Å². The summed E-state index contributed by atoms with van der Waals surface area (Å²) in [6, 6.07) is 2.10. The second kappa shape index (κ2) is 5.18. The van der Waals surface area contributed by atoms with Crippen LogP contribution in [-0.4, -0.2) is 66.3 Å². The first-order valence-electron chi connectivity index (χ1n) is 7.10. The average Bonchev–Trinajstić information content (AvgIpc) is 3.09. The number of amides is 1. The lowest BCUT2D eigenvalue weighted by Crippen LogP contribution is -2.46. The van der Waals surface area contributed by atoms with Gasteiger partial charge < -0.3 is 19.1 Å². The second-order valence-electron chi connectivity index (χ2n) is 5.98. The Balaban J connectivity index is 1.59. The Morgan fingerprint density at radius 2 is 2.20 bits per heavy atom. The largest absolute Gasteiger partial charge is 0.373 e. The van der Waals surface area contributed by atoms with Crippen molar-refractivity contribution in [3.05, 3.63) is 18.0 Å². The zero-order valence-electron chi connectivity index (χ0n) is 12.0. The third-order valence-electron chi connectivity index (χ3n) is 4.53. The molecule has 20 heavy (non-hydrogen) atoms. The van der Waals surface area contributed by atoms with Gasteiger partial charge in [-0.1, -0.05) is 5.16 Å². The number of ether oxygens (including phenoxy) is 1. The number of hydrogen-bond donors (Lipinski definition) is 0. The van der Waals surface area contributed by atoms with Crippen molar-refractivity contribution < 1.29 is 14.1 Å². The third-order valence-corrected chi connectivity index (χ3v) is 4.53. The van der Waals surface area contributed by atoms with Gasteiger partial charge in [-0.05, 0) is 33.4 Å². The number of piperidine rings is 1. The van der Waals surface area contributed by atoms with Gasteiger partial charge in [-0.3, -0.25) is 4.79 Å². The van der Waals surface area contributed by atoms with Crippen molar-refractivity contribution in [2.45, 2.75) is 30.9 Å². The van der Waals surface area contributed by atoms with Crippen LogP contribution in [0, 0.1) is 0 Å². The molecule has 0 radical (unpaired) electrons. The molecule has 0 aromatic carbocycles. The average molecular weight is 279 g/mol. The molecule has 6 nitrogen and oxygen atoms in total. The number of aromatic nitrogens is 1. The van der Waals surface area contributed by atoms with Gasteiger partial charge in [-0.25, -0.2) is 0 Å². The monoisotopic (exact) mass is 279 g/mol. The fourth-order valence-corrected chi connectivity index (χ4v) is 3.10. The zero-order valence-corrected chi connectivity index (χ0v) is 12.0. The highest BCUT2D eigenvalue weighted by Crippen LogP contribution is 2.37. The Morgan fingerprint density at radius 3 is 2.75 bits per heavy atom. The highest BCUT2D eigenvalue weighted by atomic mass is 16.5. The summed E-state index contributed by atoms with van der Waals surface area (Å²) in [4.78, 5) is 16.2. The minimum Gasteiger partial charge on any atom is -0.373 e. The molecule has 110 valence electrons. The molecular formula is C14H21N3O3. The minimum absolute atomic E-state index is 0.0346. The van der Waals surface area contributed by atoms with Gasteiger partial charge in [-0.2, -0.15) is 0 Å². The summed E-state index contributed by atoms with van der Waals surface area (Å²) < 4.78 is 11.0. The van der Waals surface area contributed by atoms with Gasteiger partial charge >= 0.3 is 0 Å². The number of carbonyl (C=O) groups is 1. The van der Waals surface area contributed by atoms with Gasteiger partial charge in [0.2, 0.25) is 5.76 Å². The third kappa shape index (κ3) is 2.45. The number of hydrogen-bond acceptors (Lipinski definition) is 5. The lowest BCUT2D eigenvalue weighted by molar-refractivity contribution is -0.0397. The topological polar surface area (TPSA) is 58.8 Å². The number of rotatable bonds is 2. The van der Waals surface area contributed by atoms with Crippen molar-refractivity contribution in [3.8, 4) is 0 Å². The van der Waals surface area contributed by atoms with Crippen LogP contribution in [-0.2, 0) is 4.74 Å². The summed E-state index contributed by atoms with van der Waals surface area (Å²) in [7, 11) is 4.19. The van der Waals surface area contributed by atoms with Crippen molar-refractivity contribution in [1.82, 2.24) is 15.0 Å². The van der Waals surface area contributed by atoms with E-state index in [0.29, 0.717) is 11.8 Å². The first kappa shape index (κ1) is 13.6. The lowest BCUT2D eigenvalue weighted by atomic mass is 9.87. The van der Waals surface area contributed by atoms with Crippen molar-refractivity contribution in [2.75, 3.05) is 33.8 Å². The van der Waals surface area contributed by atoms with Crippen LogP contribution >= 0.6 is 0 Å². The molecule has 3 rings (SSSR count). The summed E-state index contributed by atoms with van der Waals surface area (Å²) >= 11 is 0. The van der Waals surface area contributed by atoms with Crippen molar-refractivity contribution >= 4 is 5.91 Å². The van der Waals surface area contributed by atoms with Gasteiger partial charge in [-0.15, -0.1) is 0 Å². The molecule has 6 heteroatoms. The SMILES string of the molecule is CN(C)C1COC2(CCN(C(=O)c3ccno3)CC2)C1. The maximum absolute atomic E-state index is 12.2. The molecule has 2 saturated heterocycles. The molecule has 3 heterocycles. The Morgan fingerprint density at radius 1 is 1.45 bits per heavy atom. The fraction of sp³-hybridized carbons (Fsp3) is 0.714. The molecule has 0 aliphatic carbocycles. The molecule has 1 aromatic heterocycles. The van der Waals surface area contributed by atoms with Crippen LogP contribution in [0.25, 0.3) is 0 Å². The molecule has 1 spiro atoms. The molecule has 2 aliphatic heterocycles. The number of carbonyl (C=O) groups excluding carboxylic acids is 1. The van der Waals surface area contributed by atoms with Crippen LogP contribution < -0.4 is 0 Å². The normalized spacial score (nSPS) is 25.6. The van der Waals surface area contributed by atoms with Crippen LogP contribution in [0.15, 0.2) is 16.8 Å². The van der Waals surface area contributed by atoms with E-state index < -0.39 is 0 Å². The zero-order chi connectivity index (χ0) is 14.2. The molecule has 1 unspecified atom stereocenters. The van der Waals surface area contributed by atoms with Gasteiger partial charge in [0.25, 0.3) is 5.91 Å². The quantitative estimate of drug-likeness (QED) is 0.808. The van der Waals surface area contributed by atoms with Crippen LogP contribution in [0.4, 0.5) is 0 Å². The van der Waals surface area contributed by atoms with E-state index in [4.69, 9.17) is 9.26 Å². The van der Waals surface area contributed by atoms with E-state index in [0.717, 1.165) is 39.0 Å². The maximum Gasteiger partial charge on any atom is 0.292 e. The highest BCUT2D eigenvalue weighted by molar-refractivity contribution is 5.91. The fourth-order valence-electron chi connectivity index (χ4n) is 3.10. The van der Waals surface area contributed by atoms with Crippen LogP contribution in [0.5, 0.6) is 0 Å². The lowest BCUT2D eigenvalue weighted by Gasteiger charge is -2.38. The number of nitrogens with zero attached hydrogens (tertiary/aromatic N) is 3. The predicted molar refractivity (Wildman–Crippen MR) is 72.4 cm³/mol. The highest BCUT2D eigenvalue weighted by Gasteiger charge is 2.44. The summed E-state index contributed by atoms with van der Waals surface area (Å²) in [6.45, 7) is 2.24. The molecule has 1 amide bonds. The molecule has 2 fully saturated rings. The Kier molecular flexibility index (Phi) is 3.52. The molecule has 1 atom stereocenters. The summed E-state index contributed by atoms with van der Waals surface area (Å²) in [5.74, 6) is 0.249. The number of likely N-dealkylation sites (N-methyl/N-ethyl adjacent to an activating group) is 1. The van der Waals surface area contributed by atoms with Crippen LogP contribution in [0.1, 0.15) is 29.8 Å². The number of likely N-dealkylation sites (tertiary alicyclic amines) is 1. The van der Waals surface area contributed by atoms with Gasteiger partial charge in [0, 0.05) is 25.2 Å². The molecule has 1 aromatic rings. The standard InChI is InChI=1S/C14H21N3O3/c1-16(2)11-9-14(19-10-11)4-7-17(8-5-14)13(18)12-3-6-15-20-12/h3,6,11H,4-5,7-10H2,1-2H3. The predicted octanol–water partition coefficient (Wildman–Crippen LogP) is 1.000. The van der Waals surface area contributed by atoms with E-state index >= 15 is 0 Å². The van der Waals surface area contributed by atoms with E-state index in [9.17, 15) is 4.79 Å². The van der Waals surface area contributed by atoms with Gasteiger partial charge in [0.1, 0.15) is 0 Å². The van der Waals surface area contributed by atoms with Gasteiger partial charge in [0.05, 0.1) is 18.4 Å². The summed E-state index contributed by atoms with van der Waals surface area (Å²) in [5.41, 5.74) is -0.0346. The first-order chi connectivity index (χ1) is 9.60. The Bertz CT molecular complexity index is 464. The smallest absolute Gasteiger partial charge is 0.292 e. The Hall–Kier alpha value is -1.40. The van der Waals surface area contributed by atoms with Crippen LogP contribution in [0.2, 0.25) is 0 Å². The molecule has 0 saturated carbocycles. The van der Waals surface area contributed by atoms with E-state index in [-0.39, 0.29) is 11.5 Å². The summed E-state index contributed by atoms with van der Waals surface area (Å²) in [6.07, 6.45) is 4.36. The second-order valence-corrected chi connectivity index (χ2v) is 5.98. The minimum atomic E-state index is -0.0699. The summed E-state index contributed by atoms with van der Waals surface area (Å²) in [5, 5.41) is 3.59. The molecule has 0 N–H and O–H groups in total. The van der Waals surface area contributed by atoms with Crippen LogP contribution in [0.3, 0.4) is 0 Å². The maximum atomic E-state index is 12.2. The van der Waals surface area contributed by atoms with Gasteiger partial charge in [0.15, 0.2) is 0 Å². The van der Waals surface area contributed by atoms with E-state index in [1.54, 1.807) is 6.07 Å². The van der Waals surface area contributed by atoms with E-state index in [1.807, 2.05) is 4.90 Å². The Labute approximate surface area is 118 Å². The molecular weight excluding hydrogens is 258 g/mol. The van der Waals surface area contributed by atoms with Crippen molar-refractivity contribution in [2.24, 2.45) is 0 Å². The van der Waals surface area contributed by atoms with E-state index in [2.05, 4.69) is 24.2 Å².